The van der Waals surface area contributed by atoms with Gasteiger partial charge in [0.05, 0.1) is 0 Å². The first-order valence-corrected chi connectivity index (χ1v) is 12.0. The van der Waals surface area contributed by atoms with Crippen molar-refractivity contribution >= 4 is 17.7 Å². The molecule has 0 fully saturated rings. The maximum Gasteiger partial charge on any atom is 0.257 e. The summed E-state index contributed by atoms with van der Waals surface area (Å²) in [5.41, 5.74) is 4.97. The Balaban J connectivity index is 1.46. The third kappa shape index (κ3) is 6.82. The number of aryl methyl sites for hydroxylation is 2. The van der Waals surface area contributed by atoms with Gasteiger partial charge >= 0.3 is 0 Å². The quantitative estimate of drug-likeness (QED) is 0.280. The zero-order chi connectivity index (χ0) is 22.9. The molecule has 0 aliphatic carbocycles. The Labute approximate surface area is 194 Å². The topological polar surface area (TPSA) is 64.0 Å². The van der Waals surface area contributed by atoms with Gasteiger partial charge in [-0.15, -0.1) is 0 Å². The third-order valence-electron chi connectivity index (χ3n) is 5.41. The Morgan fingerprint density at radius 3 is 2.44 bits per heavy atom. The average molecular weight is 450 g/mol. The van der Waals surface area contributed by atoms with Gasteiger partial charge in [-0.3, -0.25) is 14.2 Å². The van der Waals surface area contributed by atoms with Crippen LogP contribution in [0.25, 0.3) is 0 Å². The van der Waals surface area contributed by atoms with Crippen LogP contribution in [-0.2, 0) is 24.8 Å². The van der Waals surface area contributed by atoms with Gasteiger partial charge in [-0.25, -0.2) is 4.98 Å². The van der Waals surface area contributed by atoms with Crippen LogP contribution in [0, 0.1) is 13.8 Å². The minimum atomic E-state index is 0.0147. The van der Waals surface area contributed by atoms with Crippen molar-refractivity contribution < 1.29 is 4.79 Å². The van der Waals surface area contributed by atoms with Crippen LogP contribution in [0.3, 0.4) is 0 Å². The molecule has 1 N–H and O–H groups in total. The van der Waals surface area contributed by atoms with Gasteiger partial charge in [0.25, 0.3) is 5.56 Å². The summed E-state index contributed by atoms with van der Waals surface area (Å²) in [6, 6.07) is 18.2. The van der Waals surface area contributed by atoms with E-state index in [2.05, 4.69) is 41.5 Å². The van der Waals surface area contributed by atoms with E-state index in [-0.39, 0.29) is 11.5 Å². The van der Waals surface area contributed by atoms with Crippen LogP contribution in [0.1, 0.15) is 47.2 Å². The number of benzene rings is 2. The lowest BCUT2D eigenvalue weighted by molar-refractivity contribution is -0.121. The largest absolute Gasteiger partial charge is 0.352 e. The number of carbonyl (C=O) groups is 1. The normalized spacial score (nSPS) is 10.8. The van der Waals surface area contributed by atoms with E-state index in [9.17, 15) is 9.59 Å². The highest BCUT2D eigenvalue weighted by molar-refractivity contribution is 7.99. The number of hydrogen-bond donors (Lipinski definition) is 1. The lowest BCUT2D eigenvalue weighted by Gasteiger charge is -2.12. The predicted octanol–water partition coefficient (Wildman–Crippen LogP) is 4.57. The highest BCUT2D eigenvalue weighted by Gasteiger charge is 2.13. The van der Waals surface area contributed by atoms with E-state index in [1.807, 2.05) is 37.3 Å². The van der Waals surface area contributed by atoms with Crippen LogP contribution in [0.5, 0.6) is 0 Å². The molecule has 3 aromatic rings. The predicted molar refractivity (Wildman–Crippen MR) is 131 cm³/mol. The van der Waals surface area contributed by atoms with Gasteiger partial charge in [-0.05, 0) is 37.8 Å². The SMILES string of the molecule is Cc1ccc(Cc2c(C)nc(SCCCCC(=O)NCc3ccccc3)n(C)c2=O)cc1. The molecule has 0 bridgehead atoms. The van der Waals surface area contributed by atoms with E-state index in [1.54, 1.807) is 23.4 Å². The highest BCUT2D eigenvalue weighted by atomic mass is 32.2. The number of aromatic nitrogens is 2. The number of unbranched alkanes of at least 4 members (excludes halogenated alkanes) is 1. The number of carbonyl (C=O) groups excluding carboxylic acids is 1. The van der Waals surface area contributed by atoms with E-state index in [4.69, 9.17) is 0 Å². The first-order chi connectivity index (χ1) is 15.4. The molecule has 6 heteroatoms. The number of nitrogens with zero attached hydrogens (tertiary/aromatic N) is 2. The van der Waals surface area contributed by atoms with E-state index in [0.29, 0.717) is 19.4 Å². The van der Waals surface area contributed by atoms with E-state index >= 15 is 0 Å². The molecule has 1 heterocycles. The van der Waals surface area contributed by atoms with Gasteiger partial charge in [0.2, 0.25) is 5.91 Å². The molecule has 0 atom stereocenters. The second kappa shape index (κ2) is 11.7. The number of rotatable bonds is 10. The Kier molecular flexibility index (Phi) is 8.68. The molecule has 3 rings (SSSR count). The molecule has 2 aromatic carbocycles. The maximum atomic E-state index is 12.9. The van der Waals surface area contributed by atoms with E-state index < -0.39 is 0 Å². The molecule has 0 spiro atoms. The van der Waals surface area contributed by atoms with Crippen LogP contribution in [0.4, 0.5) is 0 Å². The second-order valence-electron chi connectivity index (χ2n) is 8.05. The van der Waals surface area contributed by atoms with Crippen LogP contribution >= 0.6 is 11.8 Å². The average Bonchev–Trinajstić information content (AvgIpc) is 2.80. The van der Waals surface area contributed by atoms with Crippen molar-refractivity contribution in [1.82, 2.24) is 14.9 Å². The molecule has 0 aliphatic rings. The van der Waals surface area contributed by atoms with Crippen molar-refractivity contribution in [2.24, 2.45) is 7.05 Å². The summed E-state index contributed by atoms with van der Waals surface area (Å²) in [6.45, 7) is 4.53. The van der Waals surface area contributed by atoms with Crippen molar-refractivity contribution in [1.29, 1.82) is 0 Å². The summed E-state index contributed by atoms with van der Waals surface area (Å²) in [5, 5.41) is 3.69. The zero-order valence-corrected chi connectivity index (χ0v) is 19.9. The Bertz CT molecular complexity index is 1090. The third-order valence-corrected chi connectivity index (χ3v) is 6.53. The van der Waals surface area contributed by atoms with Crippen molar-refractivity contribution in [3.8, 4) is 0 Å². The molecular formula is C26H31N3O2S. The number of thioether (sulfide) groups is 1. The Morgan fingerprint density at radius 1 is 1.00 bits per heavy atom. The summed E-state index contributed by atoms with van der Waals surface area (Å²) in [7, 11) is 1.78. The zero-order valence-electron chi connectivity index (χ0n) is 19.1. The number of hydrogen-bond acceptors (Lipinski definition) is 4. The molecule has 0 aliphatic heterocycles. The maximum absolute atomic E-state index is 12.9. The Morgan fingerprint density at radius 2 is 1.72 bits per heavy atom. The van der Waals surface area contributed by atoms with Gasteiger partial charge < -0.3 is 5.32 Å². The molecule has 1 aromatic heterocycles. The molecule has 0 radical (unpaired) electrons. The monoisotopic (exact) mass is 449 g/mol. The van der Waals surface area contributed by atoms with Crippen LogP contribution < -0.4 is 10.9 Å². The van der Waals surface area contributed by atoms with Crippen molar-refractivity contribution in [3.05, 3.63) is 92.9 Å². The molecular weight excluding hydrogens is 418 g/mol. The standard InChI is InChI=1S/C26H31N3O2S/c1-19-12-14-21(15-13-19)17-23-20(2)28-26(29(3)25(23)31)32-16-8-7-11-24(30)27-18-22-9-5-4-6-10-22/h4-6,9-10,12-15H,7-8,11,16-18H2,1-3H3,(H,27,30). The van der Waals surface area contributed by atoms with E-state index in [1.165, 1.54) is 5.56 Å². The minimum Gasteiger partial charge on any atom is -0.352 e. The molecule has 0 unspecified atom stereocenters. The summed E-state index contributed by atoms with van der Waals surface area (Å²) >= 11 is 1.57. The molecule has 1 amide bonds. The molecule has 0 saturated heterocycles. The van der Waals surface area contributed by atoms with E-state index in [0.717, 1.165) is 46.1 Å². The molecule has 32 heavy (non-hydrogen) atoms. The number of nitrogens with one attached hydrogen (secondary N) is 1. The Hall–Kier alpha value is -2.86. The summed E-state index contributed by atoms with van der Waals surface area (Å²) in [5.74, 6) is 0.892. The molecule has 168 valence electrons. The highest BCUT2D eigenvalue weighted by Crippen LogP contribution is 2.18. The van der Waals surface area contributed by atoms with Crippen LogP contribution in [0.2, 0.25) is 0 Å². The van der Waals surface area contributed by atoms with Crippen molar-refractivity contribution in [3.63, 3.8) is 0 Å². The van der Waals surface area contributed by atoms with Crippen molar-refractivity contribution in [2.75, 3.05) is 5.75 Å². The first-order valence-electron chi connectivity index (χ1n) is 11.0. The first kappa shape index (κ1) is 23.8. The van der Waals surface area contributed by atoms with Gasteiger partial charge in [-0.1, -0.05) is 71.9 Å². The van der Waals surface area contributed by atoms with Gasteiger partial charge in [0.15, 0.2) is 5.16 Å². The van der Waals surface area contributed by atoms with Crippen LogP contribution in [-0.4, -0.2) is 21.2 Å². The van der Waals surface area contributed by atoms with Gasteiger partial charge in [0, 0.05) is 43.4 Å². The van der Waals surface area contributed by atoms with Gasteiger partial charge in [0.1, 0.15) is 0 Å². The second-order valence-corrected chi connectivity index (χ2v) is 9.11. The fourth-order valence-corrected chi connectivity index (χ4v) is 4.42. The fraction of sp³-hybridized carbons (Fsp3) is 0.346. The summed E-state index contributed by atoms with van der Waals surface area (Å²) in [4.78, 5) is 29.6. The number of amides is 1. The summed E-state index contributed by atoms with van der Waals surface area (Å²) in [6.07, 6.45) is 2.80. The molecule has 5 nitrogen and oxygen atoms in total. The lowest BCUT2D eigenvalue weighted by atomic mass is 10.0. The van der Waals surface area contributed by atoms with Gasteiger partial charge in [-0.2, -0.15) is 0 Å². The fourth-order valence-electron chi connectivity index (χ4n) is 3.41. The lowest BCUT2D eigenvalue weighted by Crippen LogP contribution is -2.25. The molecule has 0 saturated carbocycles. The van der Waals surface area contributed by atoms with Crippen LogP contribution in [0.15, 0.2) is 64.5 Å². The van der Waals surface area contributed by atoms with Crippen molar-refractivity contribution in [2.45, 2.75) is 51.2 Å². The smallest absolute Gasteiger partial charge is 0.257 e. The summed E-state index contributed by atoms with van der Waals surface area (Å²) < 4.78 is 1.65. The minimum absolute atomic E-state index is 0.0147.